The summed E-state index contributed by atoms with van der Waals surface area (Å²) in [6.45, 7) is 6.93. The Hall–Kier alpha value is -6.83. The first-order valence-electron chi connectivity index (χ1n) is 19.5. The van der Waals surface area contributed by atoms with Gasteiger partial charge < -0.3 is 0 Å². The van der Waals surface area contributed by atoms with E-state index in [9.17, 15) is 0 Å². The van der Waals surface area contributed by atoms with Crippen molar-refractivity contribution in [1.82, 2.24) is 4.98 Å². The average Bonchev–Trinajstić information content (AvgIpc) is 3.25. The van der Waals surface area contributed by atoms with Crippen LogP contribution in [0.2, 0.25) is 0 Å². The summed E-state index contributed by atoms with van der Waals surface area (Å²) in [7, 11) is 0. The molecule has 266 valence electrons. The van der Waals surface area contributed by atoms with Gasteiger partial charge in [0.15, 0.2) is 0 Å². The Bertz CT molecular complexity index is 3040. The molecule has 0 aliphatic heterocycles. The number of benzene rings is 9. The Labute approximate surface area is 328 Å². The minimum absolute atomic E-state index is 0.00889. The molecule has 0 fully saturated rings. The number of fused-ring (bicyclic) bond motifs is 4. The Morgan fingerprint density at radius 2 is 0.750 bits per heavy atom. The molecule has 0 N–H and O–H groups in total. The van der Waals surface area contributed by atoms with Crippen molar-refractivity contribution in [2.24, 2.45) is 0 Å². The molecule has 10 aromatic rings. The Morgan fingerprint density at radius 3 is 1.27 bits per heavy atom. The molecule has 0 amide bonds. The summed E-state index contributed by atoms with van der Waals surface area (Å²) < 4.78 is 0. The zero-order valence-electron chi connectivity index (χ0n) is 31.9. The number of hydrogen-bond donors (Lipinski definition) is 0. The third kappa shape index (κ3) is 6.03. The third-order valence-electron chi connectivity index (χ3n) is 11.4. The summed E-state index contributed by atoms with van der Waals surface area (Å²) in [6.07, 6.45) is 0. The zero-order valence-corrected chi connectivity index (χ0v) is 31.9. The van der Waals surface area contributed by atoms with Gasteiger partial charge in [-0.1, -0.05) is 178 Å². The van der Waals surface area contributed by atoms with Crippen molar-refractivity contribution in [2.75, 3.05) is 0 Å². The van der Waals surface area contributed by atoms with Crippen LogP contribution in [0.3, 0.4) is 0 Å². The van der Waals surface area contributed by atoms with E-state index in [1.54, 1.807) is 0 Å². The van der Waals surface area contributed by atoms with E-state index in [1.165, 1.54) is 70.9 Å². The summed E-state index contributed by atoms with van der Waals surface area (Å²) >= 11 is 0. The van der Waals surface area contributed by atoms with Crippen molar-refractivity contribution < 1.29 is 0 Å². The maximum atomic E-state index is 5.20. The van der Waals surface area contributed by atoms with Crippen LogP contribution in [0.15, 0.2) is 194 Å². The summed E-state index contributed by atoms with van der Waals surface area (Å²) in [6, 6.07) is 71.1. The number of hydrogen-bond acceptors (Lipinski definition) is 1. The standard InChI is InChI=1S/C55H41N/c1-55(2,3)46-27-29-48-50(35-46)54(44-25-23-37-15-11-13-21-41(37)31-44)47-28-26-42(32-49(47)53(48)43-24-22-36-14-10-12-20-40(36)30-43)45-33-51(38-16-6-4-7-17-38)56-52(34-45)39-18-8-5-9-19-39/h4-35H,1-3H3. The number of pyridine rings is 1. The fourth-order valence-corrected chi connectivity index (χ4v) is 8.40. The second kappa shape index (κ2) is 13.5. The maximum absolute atomic E-state index is 5.20. The molecule has 0 aliphatic rings. The monoisotopic (exact) mass is 715 g/mol. The summed E-state index contributed by atoms with van der Waals surface area (Å²) in [5, 5.41) is 9.98. The van der Waals surface area contributed by atoms with E-state index in [4.69, 9.17) is 4.98 Å². The summed E-state index contributed by atoms with van der Waals surface area (Å²) in [4.78, 5) is 5.20. The van der Waals surface area contributed by atoms with E-state index in [1.807, 2.05) is 0 Å². The quantitative estimate of drug-likeness (QED) is 0.162. The van der Waals surface area contributed by atoms with Gasteiger partial charge in [-0.2, -0.15) is 0 Å². The van der Waals surface area contributed by atoms with Crippen molar-refractivity contribution in [3.8, 4) is 55.9 Å². The molecule has 0 unspecified atom stereocenters. The number of nitrogens with zero attached hydrogens (tertiary/aromatic N) is 1. The smallest absolute Gasteiger partial charge is 0.0715 e. The minimum Gasteiger partial charge on any atom is -0.248 e. The molecule has 0 spiro atoms. The van der Waals surface area contributed by atoms with Gasteiger partial charge in [0.2, 0.25) is 0 Å². The molecule has 1 aromatic heterocycles. The molecule has 0 radical (unpaired) electrons. The molecule has 0 saturated heterocycles. The van der Waals surface area contributed by atoms with Gasteiger partial charge in [0.25, 0.3) is 0 Å². The van der Waals surface area contributed by atoms with Gasteiger partial charge in [0.1, 0.15) is 0 Å². The van der Waals surface area contributed by atoms with E-state index in [-0.39, 0.29) is 5.41 Å². The van der Waals surface area contributed by atoms with Crippen molar-refractivity contribution in [3.05, 3.63) is 200 Å². The van der Waals surface area contributed by atoms with Gasteiger partial charge in [-0.3, -0.25) is 0 Å². The number of rotatable bonds is 5. The largest absolute Gasteiger partial charge is 0.248 e. The molecule has 10 rings (SSSR count). The highest BCUT2D eigenvalue weighted by atomic mass is 14.7. The van der Waals surface area contributed by atoms with Crippen LogP contribution in [0.5, 0.6) is 0 Å². The van der Waals surface area contributed by atoms with Gasteiger partial charge in [-0.25, -0.2) is 4.98 Å². The van der Waals surface area contributed by atoms with Gasteiger partial charge in [0.05, 0.1) is 11.4 Å². The van der Waals surface area contributed by atoms with Crippen LogP contribution < -0.4 is 0 Å². The summed E-state index contributed by atoms with van der Waals surface area (Å²) in [5.41, 5.74) is 12.7. The lowest BCUT2D eigenvalue weighted by Crippen LogP contribution is -2.10. The van der Waals surface area contributed by atoms with Crippen LogP contribution in [-0.4, -0.2) is 4.98 Å². The van der Waals surface area contributed by atoms with Crippen LogP contribution in [-0.2, 0) is 5.41 Å². The van der Waals surface area contributed by atoms with Gasteiger partial charge in [-0.05, 0) is 124 Å². The topological polar surface area (TPSA) is 12.9 Å². The highest BCUT2D eigenvalue weighted by molar-refractivity contribution is 6.22. The molecule has 9 aromatic carbocycles. The van der Waals surface area contributed by atoms with E-state index in [2.05, 4.69) is 215 Å². The Kier molecular flexibility index (Phi) is 8.12. The van der Waals surface area contributed by atoms with E-state index in [0.717, 1.165) is 33.6 Å². The second-order valence-corrected chi connectivity index (χ2v) is 16.0. The van der Waals surface area contributed by atoms with Crippen LogP contribution in [0.4, 0.5) is 0 Å². The molecule has 1 nitrogen and oxygen atoms in total. The van der Waals surface area contributed by atoms with Crippen LogP contribution in [0, 0.1) is 0 Å². The van der Waals surface area contributed by atoms with E-state index in [0.29, 0.717) is 0 Å². The predicted octanol–water partition coefficient (Wildman–Crippen LogP) is 15.3. The highest BCUT2D eigenvalue weighted by Gasteiger charge is 2.22. The van der Waals surface area contributed by atoms with Crippen molar-refractivity contribution in [1.29, 1.82) is 0 Å². The molecule has 0 bridgehead atoms. The Morgan fingerprint density at radius 1 is 0.304 bits per heavy atom. The van der Waals surface area contributed by atoms with Gasteiger partial charge >= 0.3 is 0 Å². The highest BCUT2D eigenvalue weighted by Crippen LogP contribution is 2.47. The van der Waals surface area contributed by atoms with Crippen LogP contribution in [0.25, 0.3) is 99.0 Å². The molecule has 0 saturated carbocycles. The fourth-order valence-electron chi connectivity index (χ4n) is 8.40. The minimum atomic E-state index is -0.00889. The first-order valence-corrected chi connectivity index (χ1v) is 19.5. The molecule has 1 heterocycles. The molecule has 0 aliphatic carbocycles. The fraction of sp³-hybridized carbons (Fsp3) is 0.0727. The lowest BCUT2D eigenvalue weighted by Gasteiger charge is -2.23. The maximum Gasteiger partial charge on any atom is 0.0715 e. The average molecular weight is 716 g/mol. The zero-order chi connectivity index (χ0) is 37.8. The summed E-state index contributed by atoms with van der Waals surface area (Å²) in [5.74, 6) is 0. The Balaban J connectivity index is 1.31. The third-order valence-corrected chi connectivity index (χ3v) is 11.4. The van der Waals surface area contributed by atoms with Crippen molar-refractivity contribution >= 4 is 43.1 Å². The second-order valence-electron chi connectivity index (χ2n) is 16.0. The van der Waals surface area contributed by atoms with E-state index >= 15 is 0 Å². The van der Waals surface area contributed by atoms with Crippen molar-refractivity contribution in [2.45, 2.75) is 26.2 Å². The van der Waals surface area contributed by atoms with Crippen LogP contribution in [0.1, 0.15) is 26.3 Å². The predicted molar refractivity (Wildman–Crippen MR) is 240 cm³/mol. The SMILES string of the molecule is CC(C)(C)c1ccc2c(-c3ccc4ccccc4c3)c3cc(-c4cc(-c5ccccc5)nc(-c5ccccc5)c4)ccc3c(-c3ccc4ccccc4c3)c2c1. The lowest BCUT2D eigenvalue weighted by atomic mass is 9.80. The molecule has 56 heavy (non-hydrogen) atoms. The molecule has 1 heteroatoms. The first-order chi connectivity index (χ1) is 27.4. The molecular weight excluding hydrogens is 675 g/mol. The molecular formula is C55H41N. The van der Waals surface area contributed by atoms with E-state index < -0.39 is 0 Å². The van der Waals surface area contributed by atoms with Gasteiger partial charge in [0, 0.05) is 11.1 Å². The lowest BCUT2D eigenvalue weighted by molar-refractivity contribution is 0.591. The number of aromatic nitrogens is 1. The van der Waals surface area contributed by atoms with Crippen molar-refractivity contribution in [3.63, 3.8) is 0 Å². The van der Waals surface area contributed by atoms with Crippen LogP contribution >= 0.6 is 0 Å². The molecule has 0 atom stereocenters. The first kappa shape index (κ1) is 33.7. The van der Waals surface area contributed by atoms with Gasteiger partial charge in [-0.15, -0.1) is 0 Å². The normalized spacial score (nSPS) is 11.8.